The molecule has 0 saturated carbocycles. The molecule has 0 atom stereocenters. The third kappa shape index (κ3) is 3.25. The van der Waals surface area contributed by atoms with Crippen molar-refractivity contribution in [3.8, 4) is 5.75 Å². The maximum absolute atomic E-state index is 13.1. The molecule has 0 saturated heterocycles. The average molecular weight is 346 g/mol. The van der Waals surface area contributed by atoms with E-state index in [1.807, 2.05) is 0 Å². The molecule has 0 aliphatic rings. The predicted molar refractivity (Wildman–Crippen MR) is 74.3 cm³/mol. The van der Waals surface area contributed by atoms with Crippen LogP contribution in [0.5, 0.6) is 5.75 Å². The van der Waals surface area contributed by atoms with E-state index in [0.717, 1.165) is 16.6 Å². The second-order valence-electron chi connectivity index (χ2n) is 4.07. The monoisotopic (exact) mass is 345 g/mol. The zero-order valence-electron chi connectivity index (χ0n) is 10.5. The lowest BCUT2D eigenvalue weighted by molar-refractivity contribution is 0.415. The van der Waals surface area contributed by atoms with E-state index >= 15 is 0 Å². The molecule has 6 heteroatoms. The van der Waals surface area contributed by atoms with E-state index in [9.17, 15) is 13.2 Å². The summed E-state index contributed by atoms with van der Waals surface area (Å²) in [5.74, 6) is -3.22. The van der Waals surface area contributed by atoms with Crippen LogP contribution in [0.2, 0.25) is 0 Å². The summed E-state index contributed by atoms with van der Waals surface area (Å²) in [6.45, 7) is 0.153. The van der Waals surface area contributed by atoms with Crippen LogP contribution in [0.4, 0.5) is 18.9 Å². The molecule has 2 rings (SSSR count). The fourth-order valence-corrected chi connectivity index (χ4v) is 2.06. The van der Waals surface area contributed by atoms with Gasteiger partial charge in [0.05, 0.1) is 12.8 Å². The van der Waals surface area contributed by atoms with Crippen LogP contribution in [-0.2, 0) is 6.54 Å². The Morgan fingerprint density at radius 3 is 2.35 bits per heavy atom. The molecule has 1 N–H and O–H groups in total. The van der Waals surface area contributed by atoms with Gasteiger partial charge in [-0.05, 0) is 45.8 Å². The molecule has 2 aromatic rings. The topological polar surface area (TPSA) is 21.3 Å². The van der Waals surface area contributed by atoms with Crippen molar-refractivity contribution in [2.45, 2.75) is 6.54 Å². The maximum atomic E-state index is 13.1. The first-order chi connectivity index (χ1) is 9.51. The molecular formula is C14H11BrF3NO. The van der Waals surface area contributed by atoms with Gasteiger partial charge >= 0.3 is 0 Å². The second-order valence-corrected chi connectivity index (χ2v) is 4.93. The molecule has 0 heterocycles. The Bertz CT molecular complexity index is 611. The van der Waals surface area contributed by atoms with Gasteiger partial charge in [0.1, 0.15) is 5.75 Å². The van der Waals surface area contributed by atoms with Crippen molar-refractivity contribution in [2.24, 2.45) is 0 Å². The number of methoxy groups -OCH3 is 1. The number of benzene rings is 2. The quantitative estimate of drug-likeness (QED) is 0.824. The zero-order chi connectivity index (χ0) is 14.7. The van der Waals surface area contributed by atoms with Crippen LogP contribution in [0.15, 0.2) is 34.8 Å². The van der Waals surface area contributed by atoms with Gasteiger partial charge in [-0.1, -0.05) is 0 Å². The first-order valence-corrected chi connectivity index (χ1v) is 6.51. The molecule has 0 fully saturated rings. The van der Waals surface area contributed by atoms with Gasteiger partial charge in [-0.3, -0.25) is 0 Å². The maximum Gasteiger partial charge on any atom is 0.194 e. The Kier molecular flexibility index (Phi) is 4.54. The van der Waals surface area contributed by atoms with Gasteiger partial charge < -0.3 is 10.1 Å². The van der Waals surface area contributed by atoms with Crippen molar-refractivity contribution < 1.29 is 17.9 Å². The van der Waals surface area contributed by atoms with Gasteiger partial charge in [0.25, 0.3) is 0 Å². The highest BCUT2D eigenvalue weighted by atomic mass is 79.9. The van der Waals surface area contributed by atoms with E-state index in [4.69, 9.17) is 4.74 Å². The molecule has 20 heavy (non-hydrogen) atoms. The standard InChI is InChI=1S/C14H11BrF3NO/c1-20-9-2-3-10(15)13(6-9)19-7-8-4-11(16)14(18)12(17)5-8/h2-6,19H,7H2,1H3. The second kappa shape index (κ2) is 6.17. The molecule has 0 aliphatic carbocycles. The van der Waals surface area contributed by atoms with E-state index in [1.54, 1.807) is 18.2 Å². The molecule has 0 bridgehead atoms. The fraction of sp³-hybridized carbons (Fsp3) is 0.143. The Morgan fingerprint density at radius 1 is 1.10 bits per heavy atom. The highest BCUT2D eigenvalue weighted by molar-refractivity contribution is 9.10. The van der Waals surface area contributed by atoms with Crippen molar-refractivity contribution in [3.05, 3.63) is 57.8 Å². The van der Waals surface area contributed by atoms with Crippen molar-refractivity contribution in [3.63, 3.8) is 0 Å². The highest BCUT2D eigenvalue weighted by Gasteiger charge is 2.10. The van der Waals surface area contributed by atoms with Crippen LogP contribution in [-0.4, -0.2) is 7.11 Å². The molecule has 2 aromatic carbocycles. The molecule has 106 valence electrons. The smallest absolute Gasteiger partial charge is 0.194 e. The lowest BCUT2D eigenvalue weighted by Gasteiger charge is -2.11. The number of rotatable bonds is 4. The first kappa shape index (κ1) is 14.7. The number of anilines is 1. The van der Waals surface area contributed by atoms with Crippen LogP contribution < -0.4 is 10.1 Å². The van der Waals surface area contributed by atoms with Crippen LogP contribution >= 0.6 is 15.9 Å². The van der Waals surface area contributed by atoms with Crippen LogP contribution in [0.25, 0.3) is 0 Å². The Hall–Kier alpha value is -1.69. The summed E-state index contributed by atoms with van der Waals surface area (Å²) < 4.78 is 44.9. The largest absolute Gasteiger partial charge is 0.497 e. The number of ether oxygens (including phenoxy) is 1. The van der Waals surface area contributed by atoms with E-state index in [-0.39, 0.29) is 6.54 Å². The predicted octanol–water partition coefficient (Wildman–Crippen LogP) is 4.49. The molecular weight excluding hydrogens is 335 g/mol. The lowest BCUT2D eigenvalue weighted by atomic mass is 10.2. The number of nitrogens with one attached hydrogen (secondary N) is 1. The highest BCUT2D eigenvalue weighted by Crippen LogP contribution is 2.27. The summed E-state index contributed by atoms with van der Waals surface area (Å²) in [5, 5.41) is 3.00. The molecule has 0 radical (unpaired) electrons. The summed E-state index contributed by atoms with van der Waals surface area (Å²) in [6.07, 6.45) is 0. The van der Waals surface area contributed by atoms with Crippen molar-refractivity contribution in [1.29, 1.82) is 0 Å². The average Bonchev–Trinajstić information content (AvgIpc) is 2.43. The van der Waals surface area contributed by atoms with E-state index in [0.29, 0.717) is 17.0 Å². The summed E-state index contributed by atoms with van der Waals surface area (Å²) in [4.78, 5) is 0. The van der Waals surface area contributed by atoms with Gasteiger partial charge in [0.2, 0.25) is 0 Å². The van der Waals surface area contributed by atoms with Gasteiger partial charge in [0.15, 0.2) is 17.5 Å². The summed E-state index contributed by atoms with van der Waals surface area (Å²) in [6, 6.07) is 7.21. The van der Waals surface area contributed by atoms with Crippen LogP contribution in [0.3, 0.4) is 0 Å². The van der Waals surface area contributed by atoms with Crippen molar-refractivity contribution in [2.75, 3.05) is 12.4 Å². The van der Waals surface area contributed by atoms with Crippen molar-refractivity contribution >= 4 is 21.6 Å². The van der Waals surface area contributed by atoms with Gasteiger partial charge in [-0.15, -0.1) is 0 Å². The third-order valence-electron chi connectivity index (χ3n) is 2.70. The van der Waals surface area contributed by atoms with E-state index in [1.165, 1.54) is 7.11 Å². The van der Waals surface area contributed by atoms with Gasteiger partial charge in [-0.25, -0.2) is 13.2 Å². The molecule has 0 aromatic heterocycles. The summed E-state index contributed by atoms with van der Waals surface area (Å²) >= 11 is 3.35. The van der Waals surface area contributed by atoms with Gasteiger partial charge in [0, 0.05) is 17.1 Å². The number of halogens is 4. The normalized spacial score (nSPS) is 10.4. The minimum Gasteiger partial charge on any atom is -0.497 e. The summed E-state index contributed by atoms with van der Waals surface area (Å²) in [5.41, 5.74) is 1.01. The van der Waals surface area contributed by atoms with E-state index < -0.39 is 17.5 Å². The van der Waals surface area contributed by atoms with Gasteiger partial charge in [-0.2, -0.15) is 0 Å². The van der Waals surface area contributed by atoms with Crippen molar-refractivity contribution in [1.82, 2.24) is 0 Å². The Balaban J connectivity index is 2.16. The summed E-state index contributed by atoms with van der Waals surface area (Å²) in [7, 11) is 1.54. The van der Waals surface area contributed by atoms with Crippen LogP contribution in [0.1, 0.15) is 5.56 Å². The molecule has 0 amide bonds. The van der Waals surface area contributed by atoms with E-state index in [2.05, 4.69) is 21.2 Å². The SMILES string of the molecule is COc1ccc(Br)c(NCc2cc(F)c(F)c(F)c2)c1. The van der Waals surface area contributed by atoms with Crippen LogP contribution in [0, 0.1) is 17.5 Å². The Morgan fingerprint density at radius 2 is 1.75 bits per heavy atom. The lowest BCUT2D eigenvalue weighted by Crippen LogP contribution is -2.03. The Labute approximate surface area is 122 Å². The fourth-order valence-electron chi connectivity index (χ4n) is 1.67. The molecule has 2 nitrogen and oxygen atoms in total. The zero-order valence-corrected chi connectivity index (χ0v) is 12.1. The first-order valence-electron chi connectivity index (χ1n) is 5.72. The third-order valence-corrected chi connectivity index (χ3v) is 3.39. The molecule has 0 unspecified atom stereocenters. The number of hydrogen-bond donors (Lipinski definition) is 1. The molecule has 0 spiro atoms. The number of hydrogen-bond acceptors (Lipinski definition) is 2. The minimum atomic E-state index is -1.46. The molecule has 0 aliphatic heterocycles. The minimum absolute atomic E-state index is 0.153.